The van der Waals surface area contributed by atoms with Crippen LogP contribution in [-0.4, -0.2) is 164 Å². The van der Waals surface area contributed by atoms with Gasteiger partial charge in [0.05, 0.1) is 68.1 Å². The van der Waals surface area contributed by atoms with Crippen LogP contribution in [0.1, 0.15) is 188 Å². The largest absolute Gasteiger partial charge is 0.414 e. The summed E-state index contributed by atoms with van der Waals surface area (Å²) in [5.74, 6) is -0.0701. The summed E-state index contributed by atoms with van der Waals surface area (Å²) in [5, 5.41) is -0.607. The maximum Gasteiger partial charge on any atom is 0.212 e. The Morgan fingerprint density at radius 2 is 1.27 bits per heavy atom. The van der Waals surface area contributed by atoms with Gasteiger partial charge in [0.15, 0.2) is 47.4 Å². The highest BCUT2D eigenvalue weighted by molar-refractivity contribution is 6.76. The molecule has 0 aromatic carbocycles. The first-order valence-corrected chi connectivity index (χ1v) is 48.6. The second-order valence-corrected chi connectivity index (χ2v) is 59.2. The van der Waals surface area contributed by atoms with Crippen molar-refractivity contribution in [1.29, 1.82) is 0 Å². The Morgan fingerprint density at radius 3 is 1.84 bits per heavy atom. The third-order valence-corrected chi connectivity index (χ3v) is 45.8. The number of Topliss-reactive ketones (excluding diaryl/α,β-unsaturated/α-hetero) is 1. The second-order valence-electron chi connectivity index (χ2n) is 35.4. The minimum absolute atomic E-state index is 0.00305. The molecule has 5 fully saturated rings. The van der Waals surface area contributed by atoms with Gasteiger partial charge >= 0.3 is 0 Å². The van der Waals surface area contributed by atoms with Crippen LogP contribution in [0.4, 0.5) is 0 Å². The monoisotopic (exact) mass is 1320 g/mol. The van der Waals surface area contributed by atoms with E-state index < -0.39 is 83.9 Å². The lowest BCUT2D eigenvalue weighted by Gasteiger charge is -2.60. The normalized spacial score (nSPS) is 34.0. The molecule has 8 aliphatic rings. The Bertz CT molecular complexity index is 2450. The average molecular weight is 1320 g/mol. The van der Waals surface area contributed by atoms with Crippen molar-refractivity contribution in [1.82, 2.24) is 0 Å². The Morgan fingerprint density at radius 1 is 0.693 bits per heavy atom. The highest BCUT2D eigenvalue weighted by Gasteiger charge is 2.66. The number of carbonyl (C=O) groups is 2. The average Bonchev–Trinajstić information content (AvgIpc) is 0.917. The quantitative estimate of drug-likeness (QED) is 0.0948. The molecule has 508 valence electrons. The number of allylic oxidation sites excluding steroid dienone is 1. The summed E-state index contributed by atoms with van der Waals surface area (Å²) in [7, 11) is -10.7. The van der Waals surface area contributed by atoms with Crippen LogP contribution in [0.15, 0.2) is 29.3 Å². The standard InChI is InChI=1S/C69H129NO13Si5/c1-45-38-50-33-36-56-46(2)39-51(77-56)32-30-48(71)31-35-57(81-86(24,25)66(10,11)12)61-62(82-87(26,27)67(13,14)15)63(83-88(28,29)68(16,17)18)69(70-55(45)44-74-50)59(78-61)37-34-52(79-69)40-49(72)41-54-47(3)76-58(60(54)73-19)42-53(80-85(22,23)65(7,8)9)43-75-84(20,21)64(4,5)6/h31,35,45,47,50-54,56-63H,2,30,32-34,36-44H2,1,3-29H3/b35-31+,70-55?/t45-,47+,50?,51+,52?,53+,54+,56?,57?,58?,59+,60-,61?,62?,63?,69?/m1/s1. The first-order chi connectivity index (χ1) is 39.9. The second kappa shape index (κ2) is 28.1. The van der Waals surface area contributed by atoms with Crippen LogP contribution in [0, 0.1) is 11.8 Å². The van der Waals surface area contributed by atoms with Crippen LogP contribution in [0.3, 0.4) is 0 Å². The summed E-state index contributed by atoms with van der Waals surface area (Å²) in [5.41, 5.74) is 0.504. The maximum absolute atomic E-state index is 15.2. The summed E-state index contributed by atoms with van der Waals surface area (Å²) in [6.45, 7) is 66.4. The van der Waals surface area contributed by atoms with E-state index in [1.807, 2.05) is 6.08 Å². The molecule has 8 heterocycles. The molecule has 19 heteroatoms. The molecule has 1 spiro atoms. The molecule has 6 bridgehead atoms. The third-order valence-electron chi connectivity index (χ3n) is 23.3. The lowest BCUT2D eigenvalue weighted by Crippen LogP contribution is -2.74. The van der Waals surface area contributed by atoms with Gasteiger partial charge in [0.2, 0.25) is 5.72 Å². The van der Waals surface area contributed by atoms with Crippen molar-refractivity contribution < 1.29 is 60.1 Å². The molecule has 0 N–H and O–H groups in total. The molecule has 0 saturated carbocycles. The van der Waals surface area contributed by atoms with E-state index in [-0.39, 0.29) is 104 Å². The van der Waals surface area contributed by atoms with Crippen LogP contribution in [0.5, 0.6) is 0 Å². The van der Waals surface area contributed by atoms with Crippen molar-refractivity contribution in [2.45, 2.75) is 364 Å². The van der Waals surface area contributed by atoms with E-state index in [9.17, 15) is 4.79 Å². The number of carbonyl (C=O) groups excluding carboxylic acids is 2. The zero-order valence-electron chi connectivity index (χ0n) is 61.0. The molecule has 16 atom stereocenters. The van der Waals surface area contributed by atoms with Crippen molar-refractivity contribution in [2.75, 3.05) is 20.3 Å². The summed E-state index contributed by atoms with van der Waals surface area (Å²) >= 11 is 0. The molecule has 0 aromatic rings. The van der Waals surface area contributed by atoms with Gasteiger partial charge in [0.25, 0.3) is 0 Å². The molecule has 0 aliphatic carbocycles. The van der Waals surface area contributed by atoms with Gasteiger partial charge in [-0.3, -0.25) is 14.6 Å². The first-order valence-electron chi connectivity index (χ1n) is 34.1. The Hall–Kier alpha value is -0.866. The molecule has 8 rings (SSSR count). The minimum Gasteiger partial charge on any atom is -0.414 e. The smallest absolute Gasteiger partial charge is 0.212 e. The zero-order chi connectivity index (χ0) is 66.6. The number of hydrogen-bond acceptors (Lipinski definition) is 14. The first kappa shape index (κ1) is 76.2. The van der Waals surface area contributed by atoms with Crippen molar-refractivity contribution in [3.8, 4) is 0 Å². The SMILES string of the molecule is C=C1C[C@@H]2CCC(=O)/C=C/C(O[Si](C)(C)C(C)(C)C)C3O[C@H]4CCC(CC(=O)C[C@H]5[C@H](C)OC(C[C@@H](CO[Si](C)(C)C(C)(C)C)O[Si](C)(C)C(C)(C)C)[C@@H]5OC)OC4(N=C4COC(CCC1O2)C[C@H]4C)C(O[Si](C)(C)C(C)(C)C)C3O[Si](C)(C)C(C)(C)C. The number of ether oxygens (including phenoxy) is 6. The molecule has 5 saturated heterocycles. The van der Waals surface area contributed by atoms with Crippen molar-refractivity contribution in [3.05, 3.63) is 24.3 Å². The van der Waals surface area contributed by atoms with Crippen molar-refractivity contribution in [3.63, 3.8) is 0 Å². The van der Waals surface area contributed by atoms with Crippen LogP contribution in [0.25, 0.3) is 0 Å². The summed E-state index contributed by atoms with van der Waals surface area (Å²) < 4.78 is 80.2. The van der Waals surface area contributed by atoms with Gasteiger partial charge in [0.1, 0.15) is 30.2 Å². The van der Waals surface area contributed by atoms with Crippen molar-refractivity contribution >= 4 is 58.9 Å². The predicted octanol–water partition coefficient (Wildman–Crippen LogP) is 16.6. The molecular weight excluding hydrogens is 1190 g/mol. The van der Waals surface area contributed by atoms with Gasteiger partial charge in [-0.25, -0.2) is 0 Å². The fourth-order valence-electron chi connectivity index (χ4n) is 12.2. The summed E-state index contributed by atoms with van der Waals surface area (Å²) in [6.07, 6.45) is 4.45. The van der Waals surface area contributed by atoms with Gasteiger partial charge in [-0.1, -0.05) is 123 Å². The minimum atomic E-state index is -2.78. The molecule has 9 unspecified atom stereocenters. The fourth-order valence-corrected chi connectivity index (χ4v) is 18.4. The molecule has 0 radical (unpaired) electrons. The molecule has 0 aromatic heterocycles. The predicted molar refractivity (Wildman–Crippen MR) is 370 cm³/mol. The Kier molecular flexibility index (Phi) is 24.3. The molecule has 0 amide bonds. The lowest BCUT2D eigenvalue weighted by atomic mass is 9.81. The highest BCUT2D eigenvalue weighted by Crippen LogP contribution is 2.53. The van der Waals surface area contributed by atoms with Crippen molar-refractivity contribution in [2.24, 2.45) is 16.8 Å². The van der Waals surface area contributed by atoms with E-state index in [0.29, 0.717) is 45.3 Å². The van der Waals surface area contributed by atoms with E-state index in [4.69, 9.17) is 55.5 Å². The summed E-state index contributed by atoms with van der Waals surface area (Å²) in [4.78, 5) is 35.5. The topological polar surface area (TPSA) is 148 Å². The lowest BCUT2D eigenvalue weighted by molar-refractivity contribution is -0.312. The van der Waals surface area contributed by atoms with E-state index in [0.717, 1.165) is 37.0 Å². The van der Waals surface area contributed by atoms with Gasteiger partial charge in [-0.05, 0) is 160 Å². The number of hydrogen-bond donors (Lipinski definition) is 0. The zero-order valence-corrected chi connectivity index (χ0v) is 66.0. The van der Waals surface area contributed by atoms with Gasteiger partial charge in [-0.15, -0.1) is 0 Å². The molecule has 8 aliphatic heterocycles. The number of rotatable bonds is 18. The third kappa shape index (κ3) is 18.0. The Balaban J connectivity index is 1.46. The van der Waals surface area contributed by atoms with E-state index >= 15 is 4.79 Å². The molecule has 14 nitrogen and oxygen atoms in total. The molecular formula is C69H129NO13Si5. The number of methoxy groups -OCH3 is 1. The Labute approximate surface area is 541 Å². The van der Waals surface area contributed by atoms with Gasteiger partial charge < -0.3 is 50.6 Å². The fraction of sp³-hybridized carbons (Fsp3) is 0.899. The van der Waals surface area contributed by atoms with Gasteiger partial charge in [-0.2, -0.15) is 0 Å². The van der Waals surface area contributed by atoms with E-state index in [1.54, 1.807) is 13.2 Å². The number of aliphatic imine (C=N–C) groups is 1. The van der Waals surface area contributed by atoms with Gasteiger partial charge in [0, 0.05) is 44.4 Å². The van der Waals surface area contributed by atoms with Crippen LogP contribution in [-0.2, 0) is 60.1 Å². The number of fused-ring (bicyclic) bond motifs is 1. The van der Waals surface area contributed by atoms with E-state index in [2.05, 4.69) is 190 Å². The summed E-state index contributed by atoms with van der Waals surface area (Å²) in [6, 6.07) is 0. The highest BCUT2D eigenvalue weighted by atomic mass is 28.4. The maximum atomic E-state index is 15.2. The van der Waals surface area contributed by atoms with Crippen LogP contribution in [0.2, 0.25) is 90.7 Å². The number of nitrogens with zero attached hydrogens (tertiary/aromatic N) is 1. The van der Waals surface area contributed by atoms with Crippen LogP contribution < -0.4 is 0 Å². The van der Waals surface area contributed by atoms with E-state index in [1.165, 1.54) is 0 Å². The van der Waals surface area contributed by atoms with Crippen LogP contribution >= 0.6 is 0 Å². The number of ketones is 2. The molecule has 88 heavy (non-hydrogen) atoms.